The van der Waals surface area contributed by atoms with Gasteiger partial charge in [-0.25, -0.2) is 0 Å². The van der Waals surface area contributed by atoms with Crippen molar-refractivity contribution in [2.75, 3.05) is 11.1 Å². The van der Waals surface area contributed by atoms with E-state index in [-0.39, 0.29) is 6.04 Å². The first-order chi connectivity index (χ1) is 9.95. The SMILES string of the molecule is FC(F)(F)c1ccc(Br)c(NC2CSc3ccccc32)c1. The van der Waals surface area contributed by atoms with Gasteiger partial charge in [0.2, 0.25) is 0 Å². The van der Waals surface area contributed by atoms with Crippen LogP contribution < -0.4 is 5.32 Å². The molecule has 0 bridgehead atoms. The maximum Gasteiger partial charge on any atom is 0.416 e. The van der Waals surface area contributed by atoms with Crippen molar-refractivity contribution >= 4 is 33.4 Å². The van der Waals surface area contributed by atoms with Gasteiger partial charge in [0.15, 0.2) is 0 Å². The van der Waals surface area contributed by atoms with Crippen molar-refractivity contribution < 1.29 is 13.2 Å². The van der Waals surface area contributed by atoms with Gasteiger partial charge in [-0.2, -0.15) is 13.2 Å². The fourth-order valence-corrected chi connectivity index (χ4v) is 3.80. The van der Waals surface area contributed by atoms with Crippen LogP contribution in [0.15, 0.2) is 51.8 Å². The molecule has 0 fully saturated rings. The van der Waals surface area contributed by atoms with Crippen LogP contribution >= 0.6 is 27.7 Å². The molecule has 0 aromatic heterocycles. The third-order valence-corrected chi connectivity index (χ3v) is 5.20. The van der Waals surface area contributed by atoms with E-state index in [1.807, 2.05) is 24.3 Å². The Bertz CT molecular complexity index is 672. The number of hydrogen-bond donors (Lipinski definition) is 1. The molecule has 2 aromatic carbocycles. The standard InChI is InChI=1S/C15H11BrF3NS/c16-11-6-5-9(15(17,18)19)7-12(11)20-13-8-21-14-4-2-1-3-10(13)14/h1-7,13,20H,8H2. The molecule has 1 unspecified atom stereocenters. The molecule has 110 valence electrons. The summed E-state index contributed by atoms with van der Waals surface area (Å²) in [6.07, 6.45) is -4.33. The molecule has 0 aliphatic carbocycles. The number of anilines is 1. The summed E-state index contributed by atoms with van der Waals surface area (Å²) in [6.45, 7) is 0. The smallest absolute Gasteiger partial charge is 0.376 e. The molecule has 3 rings (SSSR count). The highest BCUT2D eigenvalue weighted by atomic mass is 79.9. The Kier molecular flexibility index (Phi) is 3.92. The minimum Gasteiger partial charge on any atom is -0.376 e. The van der Waals surface area contributed by atoms with Gasteiger partial charge < -0.3 is 5.32 Å². The Balaban J connectivity index is 1.89. The number of rotatable bonds is 2. The van der Waals surface area contributed by atoms with Crippen LogP contribution in [0.25, 0.3) is 0 Å². The number of nitrogens with one attached hydrogen (secondary N) is 1. The molecule has 1 aliphatic heterocycles. The Hall–Kier alpha value is -1.14. The van der Waals surface area contributed by atoms with E-state index in [0.717, 1.165) is 23.4 Å². The van der Waals surface area contributed by atoms with Crippen LogP contribution in [0.4, 0.5) is 18.9 Å². The zero-order valence-electron chi connectivity index (χ0n) is 10.7. The predicted molar refractivity (Wildman–Crippen MR) is 82.7 cm³/mol. The minimum atomic E-state index is -4.33. The van der Waals surface area contributed by atoms with Gasteiger partial charge in [-0.1, -0.05) is 18.2 Å². The lowest BCUT2D eigenvalue weighted by Gasteiger charge is -2.17. The molecule has 21 heavy (non-hydrogen) atoms. The van der Waals surface area contributed by atoms with Crippen molar-refractivity contribution in [3.8, 4) is 0 Å². The van der Waals surface area contributed by atoms with Gasteiger partial charge in [0, 0.05) is 20.8 Å². The first-order valence-electron chi connectivity index (χ1n) is 6.30. The first kappa shape index (κ1) is 14.8. The van der Waals surface area contributed by atoms with Crippen molar-refractivity contribution in [3.63, 3.8) is 0 Å². The molecule has 1 aliphatic rings. The molecule has 1 atom stereocenters. The largest absolute Gasteiger partial charge is 0.416 e. The number of benzene rings is 2. The predicted octanol–water partition coefficient (Wildman–Crippen LogP) is 5.73. The number of hydrogen-bond acceptors (Lipinski definition) is 2. The monoisotopic (exact) mass is 373 g/mol. The van der Waals surface area contributed by atoms with Crippen molar-refractivity contribution in [1.82, 2.24) is 0 Å². The Labute approximate surface area is 133 Å². The van der Waals surface area contributed by atoms with Crippen molar-refractivity contribution in [2.24, 2.45) is 0 Å². The molecule has 0 spiro atoms. The van der Waals surface area contributed by atoms with Gasteiger partial charge in [0.05, 0.1) is 11.6 Å². The fourth-order valence-electron chi connectivity index (χ4n) is 2.28. The second-order valence-corrected chi connectivity index (χ2v) is 6.65. The third kappa shape index (κ3) is 3.06. The maximum atomic E-state index is 12.8. The highest BCUT2D eigenvalue weighted by Gasteiger charge is 2.31. The van der Waals surface area contributed by atoms with Crippen LogP contribution in [0.1, 0.15) is 17.2 Å². The van der Waals surface area contributed by atoms with E-state index in [1.54, 1.807) is 11.8 Å². The number of fused-ring (bicyclic) bond motifs is 1. The summed E-state index contributed by atoms with van der Waals surface area (Å²) < 4.78 is 39.0. The van der Waals surface area contributed by atoms with Crippen molar-refractivity contribution in [2.45, 2.75) is 17.1 Å². The molecule has 0 saturated carbocycles. The summed E-state index contributed by atoms with van der Waals surface area (Å²) >= 11 is 5.02. The summed E-state index contributed by atoms with van der Waals surface area (Å²) in [5, 5.41) is 3.21. The number of thioether (sulfide) groups is 1. The quantitative estimate of drug-likeness (QED) is 0.721. The summed E-state index contributed by atoms with van der Waals surface area (Å²) in [5.74, 6) is 0.808. The molecular weight excluding hydrogens is 363 g/mol. The number of alkyl halides is 3. The van der Waals surface area contributed by atoms with Gasteiger partial charge >= 0.3 is 6.18 Å². The lowest BCUT2D eigenvalue weighted by Crippen LogP contribution is -2.12. The summed E-state index contributed by atoms with van der Waals surface area (Å²) in [6, 6.07) is 11.6. The summed E-state index contributed by atoms with van der Waals surface area (Å²) in [4.78, 5) is 1.18. The zero-order valence-corrected chi connectivity index (χ0v) is 13.1. The van der Waals surface area contributed by atoms with E-state index < -0.39 is 11.7 Å². The average Bonchev–Trinajstić information content (AvgIpc) is 2.83. The van der Waals surface area contributed by atoms with Crippen LogP contribution in [0, 0.1) is 0 Å². The minimum absolute atomic E-state index is 0.0194. The van der Waals surface area contributed by atoms with E-state index in [2.05, 4.69) is 21.2 Å². The lowest BCUT2D eigenvalue weighted by atomic mass is 10.1. The normalized spacial score (nSPS) is 17.6. The fraction of sp³-hybridized carbons (Fsp3) is 0.200. The van der Waals surface area contributed by atoms with E-state index in [9.17, 15) is 13.2 Å². The molecule has 1 N–H and O–H groups in total. The zero-order chi connectivity index (χ0) is 15.0. The Morgan fingerprint density at radius 1 is 1.14 bits per heavy atom. The number of halogens is 4. The van der Waals surface area contributed by atoms with Crippen LogP contribution in [0.3, 0.4) is 0 Å². The molecule has 0 radical (unpaired) electrons. The molecule has 0 amide bonds. The maximum absolute atomic E-state index is 12.8. The van der Waals surface area contributed by atoms with Crippen LogP contribution in [-0.2, 0) is 6.18 Å². The van der Waals surface area contributed by atoms with Gasteiger partial charge in [0.1, 0.15) is 0 Å². The molecule has 1 nitrogen and oxygen atoms in total. The second-order valence-electron chi connectivity index (χ2n) is 4.74. The van der Waals surface area contributed by atoms with E-state index in [1.165, 1.54) is 11.0 Å². The van der Waals surface area contributed by atoms with Gasteiger partial charge in [-0.05, 0) is 45.8 Å². The average molecular weight is 374 g/mol. The second kappa shape index (κ2) is 5.57. The Morgan fingerprint density at radius 2 is 1.90 bits per heavy atom. The van der Waals surface area contributed by atoms with Crippen LogP contribution in [0.2, 0.25) is 0 Å². The molecule has 1 heterocycles. The topological polar surface area (TPSA) is 12.0 Å². The van der Waals surface area contributed by atoms with Crippen LogP contribution in [-0.4, -0.2) is 5.75 Å². The first-order valence-corrected chi connectivity index (χ1v) is 8.08. The highest BCUT2D eigenvalue weighted by molar-refractivity contribution is 9.10. The molecule has 6 heteroatoms. The van der Waals surface area contributed by atoms with Crippen LogP contribution in [0.5, 0.6) is 0 Å². The molecule has 0 saturated heterocycles. The van der Waals surface area contributed by atoms with E-state index in [4.69, 9.17) is 0 Å². The van der Waals surface area contributed by atoms with E-state index >= 15 is 0 Å². The molecular formula is C15H11BrF3NS. The van der Waals surface area contributed by atoms with Crippen molar-refractivity contribution in [3.05, 3.63) is 58.1 Å². The molecule has 2 aromatic rings. The van der Waals surface area contributed by atoms with Gasteiger partial charge in [-0.15, -0.1) is 11.8 Å². The van der Waals surface area contributed by atoms with Gasteiger partial charge in [-0.3, -0.25) is 0 Å². The van der Waals surface area contributed by atoms with Gasteiger partial charge in [0.25, 0.3) is 0 Å². The van der Waals surface area contributed by atoms with Crippen molar-refractivity contribution in [1.29, 1.82) is 0 Å². The summed E-state index contributed by atoms with van der Waals surface area (Å²) in [5.41, 5.74) is 0.950. The lowest BCUT2D eigenvalue weighted by molar-refractivity contribution is -0.137. The third-order valence-electron chi connectivity index (χ3n) is 3.32. The summed E-state index contributed by atoms with van der Waals surface area (Å²) in [7, 11) is 0. The highest BCUT2D eigenvalue weighted by Crippen LogP contribution is 2.41. The Morgan fingerprint density at radius 3 is 2.67 bits per heavy atom. The van der Waals surface area contributed by atoms with E-state index in [0.29, 0.717) is 10.2 Å².